The SMILES string of the molecule is C=O.Nc1nc(N)nc(N)n1.O=C(O)O. The molecule has 0 aliphatic heterocycles. The molecule has 10 heteroatoms. The van der Waals surface area contributed by atoms with E-state index in [9.17, 15) is 0 Å². The molecule has 0 fully saturated rings. The monoisotopic (exact) mass is 218 g/mol. The highest BCUT2D eigenvalue weighted by molar-refractivity contribution is 5.53. The molecule has 0 amide bonds. The molecule has 84 valence electrons. The van der Waals surface area contributed by atoms with Crippen molar-refractivity contribution in [2.75, 3.05) is 17.2 Å². The second-order valence-electron chi connectivity index (χ2n) is 1.69. The van der Waals surface area contributed by atoms with Gasteiger partial charge in [0.15, 0.2) is 0 Å². The second kappa shape index (κ2) is 7.97. The van der Waals surface area contributed by atoms with Crippen molar-refractivity contribution in [1.29, 1.82) is 0 Å². The number of nitrogens with zero attached hydrogens (tertiary/aromatic N) is 3. The van der Waals surface area contributed by atoms with Crippen molar-refractivity contribution in [2.24, 2.45) is 0 Å². The molecule has 15 heavy (non-hydrogen) atoms. The summed E-state index contributed by atoms with van der Waals surface area (Å²) in [5, 5.41) is 13.9. The van der Waals surface area contributed by atoms with Crippen LogP contribution in [0, 0.1) is 0 Å². The van der Waals surface area contributed by atoms with Gasteiger partial charge in [-0.2, -0.15) is 15.0 Å². The summed E-state index contributed by atoms with van der Waals surface area (Å²) in [6, 6.07) is 0. The number of hydrogen-bond acceptors (Lipinski definition) is 8. The first-order chi connectivity index (χ1) is 6.91. The van der Waals surface area contributed by atoms with Gasteiger partial charge in [0.1, 0.15) is 6.79 Å². The molecule has 0 saturated heterocycles. The lowest BCUT2D eigenvalue weighted by Crippen LogP contribution is -2.05. The maximum absolute atomic E-state index is 8.56. The Morgan fingerprint density at radius 1 is 0.933 bits per heavy atom. The van der Waals surface area contributed by atoms with Crippen molar-refractivity contribution in [3.05, 3.63) is 0 Å². The molecule has 0 radical (unpaired) electrons. The van der Waals surface area contributed by atoms with E-state index in [0.29, 0.717) is 0 Å². The summed E-state index contributed by atoms with van der Waals surface area (Å²) in [6.07, 6.45) is -1.83. The number of carboxylic acid groups (broad SMARTS) is 2. The molecule has 10 nitrogen and oxygen atoms in total. The first-order valence-electron chi connectivity index (χ1n) is 3.15. The molecule has 0 aromatic carbocycles. The fraction of sp³-hybridized carbons (Fsp3) is 0. The van der Waals surface area contributed by atoms with Gasteiger partial charge in [0.25, 0.3) is 0 Å². The average molecular weight is 218 g/mol. The molecular weight excluding hydrogens is 208 g/mol. The molecule has 0 saturated carbocycles. The number of carbonyl (C=O) groups excluding carboxylic acids is 1. The summed E-state index contributed by atoms with van der Waals surface area (Å²) in [6.45, 7) is 2.00. The minimum absolute atomic E-state index is 0.0417. The quantitative estimate of drug-likeness (QED) is 0.347. The molecule has 1 aromatic rings. The van der Waals surface area contributed by atoms with E-state index in [4.69, 9.17) is 37.0 Å². The molecular formula is C5H10N6O4. The predicted octanol–water partition coefficient (Wildman–Crippen LogP) is -1.34. The van der Waals surface area contributed by atoms with Crippen molar-refractivity contribution >= 4 is 30.8 Å². The first kappa shape index (κ1) is 14.9. The third-order valence-corrected chi connectivity index (χ3v) is 0.687. The van der Waals surface area contributed by atoms with Crippen LogP contribution in [0.15, 0.2) is 0 Å². The van der Waals surface area contributed by atoms with Gasteiger partial charge >= 0.3 is 6.16 Å². The zero-order valence-electron chi connectivity index (χ0n) is 7.49. The van der Waals surface area contributed by atoms with E-state index in [-0.39, 0.29) is 17.8 Å². The molecule has 0 bridgehead atoms. The van der Waals surface area contributed by atoms with E-state index >= 15 is 0 Å². The minimum atomic E-state index is -1.83. The second-order valence-corrected chi connectivity index (χ2v) is 1.69. The molecule has 0 unspecified atom stereocenters. The van der Waals surface area contributed by atoms with Crippen molar-refractivity contribution in [3.8, 4) is 0 Å². The molecule has 0 spiro atoms. The molecule has 0 aliphatic rings. The Kier molecular flexibility index (Phi) is 7.89. The first-order valence-corrected chi connectivity index (χ1v) is 3.15. The summed E-state index contributed by atoms with van der Waals surface area (Å²) in [7, 11) is 0. The van der Waals surface area contributed by atoms with Crippen LogP contribution in [0.2, 0.25) is 0 Å². The van der Waals surface area contributed by atoms with Crippen LogP contribution >= 0.6 is 0 Å². The number of nitrogen functional groups attached to an aromatic ring is 3. The lowest BCUT2D eigenvalue weighted by atomic mass is 10.9. The molecule has 1 rings (SSSR count). The maximum atomic E-state index is 8.56. The molecule has 8 N–H and O–H groups in total. The van der Waals surface area contributed by atoms with E-state index in [2.05, 4.69) is 15.0 Å². The topological polar surface area (TPSA) is 191 Å². The number of nitrogens with two attached hydrogens (primary N) is 3. The Balaban J connectivity index is 0. The van der Waals surface area contributed by atoms with Gasteiger partial charge < -0.3 is 32.2 Å². The van der Waals surface area contributed by atoms with Gasteiger partial charge in [0.2, 0.25) is 17.8 Å². The van der Waals surface area contributed by atoms with E-state index in [1.807, 2.05) is 6.79 Å². The lowest BCUT2D eigenvalue weighted by Gasteiger charge is -1.93. The van der Waals surface area contributed by atoms with Crippen LogP contribution in [0.25, 0.3) is 0 Å². The third kappa shape index (κ3) is 11.3. The van der Waals surface area contributed by atoms with Crippen LogP contribution in [0.1, 0.15) is 0 Å². The number of rotatable bonds is 0. The van der Waals surface area contributed by atoms with Gasteiger partial charge in [0, 0.05) is 0 Å². The van der Waals surface area contributed by atoms with Gasteiger partial charge in [-0.3, -0.25) is 0 Å². The third-order valence-electron chi connectivity index (χ3n) is 0.687. The van der Waals surface area contributed by atoms with E-state index in [1.165, 1.54) is 0 Å². The zero-order valence-corrected chi connectivity index (χ0v) is 7.49. The van der Waals surface area contributed by atoms with Gasteiger partial charge in [0.05, 0.1) is 0 Å². The van der Waals surface area contributed by atoms with E-state index < -0.39 is 6.16 Å². The smallest absolute Gasteiger partial charge is 0.450 e. The Hall–Kier alpha value is -2.65. The largest absolute Gasteiger partial charge is 0.503 e. The van der Waals surface area contributed by atoms with Gasteiger partial charge in [-0.15, -0.1) is 0 Å². The van der Waals surface area contributed by atoms with Crippen LogP contribution < -0.4 is 17.2 Å². The van der Waals surface area contributed by atoms with Crippen LogP contribution in [0.4, 0.5) is 22.6 Å². The van der Waals surface area contributed by atoms with Crippen molar-refractivity contribution in [2.45, 2.75) is 0 Å². The average Bonchev–Trinajstić information content (AvgIpc) is 2.03. The highest BCUT2D eigenvalue weighted by Gasteiger charge is 1.93. The molecule has 0 aliphatic carbocycles. The van der Waals surface area contributed by atoms with Crippen molar-refractivity contribution in [1.82, 2.24) is 15.0 Å². The number of anilines is 3. The van der Waals surface area contributed by atoms with Gasteiger partial charge in [-0.1, -0.05) is 0 Å². The summed E-state index contributed by atoms with van der Waals surface area (Å²) >= 11 is 0. The van der Waals surface area contributed by atoms with Crippen LogP contribution in [0.3, 0.4) is 0 Å². The van der Waals surface area contributed by atoms with Crippen LogP contribution in [-0.2, 0) is 4.79 Å². The summed E-state index contributed by atoms with van der Waals surface area (Å²) < 4.78 is 0. The summed E-state index contributed by atoms with van der Waals surface area (Å²) in [5.74, 6) is 0.125. The predicted molar refractivity (Wildman–Crippen MR) is 50.8 cm³/mol. The van der Waals surface area contributed by atoms with E-state index in [1.54, 1.807) is 0 Å². The maximum Gasteiger partial charge on any atom is 0.503 e. The fourth-order valence-electron chi connectivity index (χ4n) is 0.427. The minimum Gasteiger partial charge on any atom is -0.450 e. The molecule has 0 atom stereocenters. The Morgan fingerprint density at radius 3 is 1.20 bits per heavy atom. The van der Waals surface area contributed by atoms with Crippen molar-refractivity contribution in [3.63, 3.8) is 0 Å². The van der Waals surface area contributed by atoms with Gasteiger partial charge in [-0.05, 0) is 0 Å². The van der Waals surface area contributed by atoms with Crippen molar-refractivity contribution < 1.29 is 19.8 Å². The Labute approximate surface area is 83.8 Å². The van der Waals surface area contributed by atoms with E-state index in [0.717, 1.165) is 0 Å². The zero-order chi connectivity index (χ0) is 12.4. The normalized spacial score (nSPS) is 7.47. The van der Waals surface area contributed by atoms with Crippen LogP contribution in [0.5, 0.6) is 0 Å². The highest BCUT2D eigenvalue weighted by Crippen LogP contribution is 1.97. The van der Waals surface area contributed by atoms with Gasteiger partial charge in [-0.25, -0.2) is 4.79 Å². The Morgan fingerprint density at radius 2 is 1.07 bits per heavy atom. The highest BCUT2D eigenvalue weighted by atomic mass is 16.6. The number of hydrogen-bond donors (Lipinski definition) is 5. The Bertz CT molecular complexity index is 264. The molecule has 1 heterocycles. The fourth-order valence-corrected chi connectivity index (χ4v) is 0.427. The standard InChI is InChI=1S/C3H6N6.CH2O3.CH2O/c4-1-7-2(5)9-3(6)8-1;2-1(3)4;1-2/h(H6,4,5,6,7,8,9);(H2,2,3,4);1H2. The van der Waals surface area contributed by atoms with Crippen LogP contribution in [-0.4, -0.2) is 38.1 Å². The summed E-state index contributed by atoms with van der Waals surface area (Å²) in [4.78, 5) is 27.0. The summed E-state index contributed by atoms with van der Waals surface area (Å²) in [5.41, 5.74) is 15.4. The number of aromatic nitrogens is 3. The number of carbonyl (C=O) groups is 2. The lowest BCUT2D eigenvalue weighted by molar-refractivity contribution is -0.0980. The molecule has 1 aromatic heterocycles.